The average Bonchev–Trinajstić information content (AvgIpc) is 2.67. The minimum atomic E-state index is -0.447. The molecular weight excluding hydrogens is 376 g/mol. The molecule has 29 heavy (non-hydrogen) atoms. The molecular formula is C20H24N4O5. The zero-order valence-corrected chi connectivity index (χ0v) is 16.8. The zero-order valence-electron chi connectivity index (χ0n) is 16.8. The summed E-state index contributed by atoms with van der Waals surface area (Å²) < 4.78 is 5.26. The maximum Gasteiger partial charge on any atom is 0.269 e. The molecule has 2 rings (SSSR count). The first-order chi connectivity index (χ1) is 13.7. The van der Waals surface area contributed by atoms with E-state index < -0.39 is 4.92 Å². The van der Waals surface area contributed by atoms with Crippen LogP contribution in [0.3, 0.4) is 0 Å². The summed E-state index contributed by atoms with van der Waals surface area (Å²) in [6.07, 6.45) is 0. The van der Waals surface area contributed by atoms with E-state index in [-0.39, 0.29) is 30.1 Å². The molecule has 2 N–H and O–H groups in total. The van der Waals surface area contributed by atoms with Gasteiger partial charge in [-0.1, -0.05) is 12.1 Å². The molecule has 0 aromatic heterocycles. The number of carbonyl (C=O) groups is 2. The largest absolute Gasteiger partial charge is 0.495 e. The van der Waals surface area contributed by atoms with Crippen LogP contribution in [-0.2, 0) is 9.59 Å². The molecule has 0 heterocycles. The number of nitrogens with zero attached hydrogens (tertiary/aromatic N) is 2. The quantitative estimate of drug-likeness (QED) is 0.520. The number of anilines is 2. The number of nitro groups is 1. The van der Waals surface area contributed by atoms with E-state index >= 15 is 0 Å². The predicted octanol–water partition coefficient (Wildman–Crippen LogP) is 3.19. The van der Waals surface area contributed by atoms with Crippen molar-refractivity contribution >= 4 is 28.9 Å². The standard InChI is InChI=1S/C20H24N4O5/c1-13(15-6-5-7-17(10-15)24(27)28)23(3)12-20(26)22-18-11-16(21-14(2)25)8-9-19(18)29-4/h5-11,13H,12H2,1-4H3,(H,21,25)(H,22,26). The van der Waals surface area contributed by atoms with Crippen LogP contribution < -0.4 is 15.4 Å². The summed E-state index contributed by atoms with van der Waals surface area (Å²) >= 11 is 0. The fourth-order valence-corrected chi connectivity index (χ4v) is 2.79. The Morgan fingerprint density at radius 1 is 1.21 bits per heavy atom. The summed E-state index contributed by atoms with van der Waals surface area (Å²) in [4.78, 5) is 36.1. The molecule has 0 aliphatic rings. The van der Waals surface area contributed by atoms with Crippen LogP contribution in [0.2, 0.25) is 0 Å². The summed E-state index contributed by atoms with van der Waals surface area (Å²) in [5.74, 6) is -0.0529. The second-order valence-electron chi connectivity index (χ2n) is 6.59. The number of hydrogen-bond donors (Lipinski definition) is 2. The molecule has 9 heteroatoms. The molecule has 0 aliphatic carbocycles. The summed E-state index contributed by atoms with van der Waals surface area (Å²) in [5, 5.41) is 16.4. The molecule has 0 aliphatic heterocycles. The lowest BCUT2D eigenvalue weighted by atomic mass is 10.1. The van der Waals surface area contributed by atoms with Crippen LogP contribution in [0.15, 0.2) is 42.5 Å². The highest BCUT2D eigenvalue weighted by Crippen LogP contribution is 2.28. The maximum atomic E-state index is 12.5. The molecule has 1 atom stereocenters. The summed E-state index contributed by atoms with van der Waals surface area (Å²) in [7, 11) is 3.24. The van der Waals surface area contributed by atoms with Gasteiger partial charge in [-0.05, 0) is 37.7 Å². The molecule has 1 unspecified atom stereocenters. The SMILES string of the molecule is COc1ccc(NC(C)=O)cc1NC(=O)CN(C)C(C)c1cccc([N+](=O)[O-])c1. The summed E-state index contributed by atoms with van der Waals surface area (Å²) in [5.41, 5.74) is 1.71. The first-order valence-corrected chi connectivity index (χ1v) is 8.91. The smallest absolute Gasteiger partial charge is 0.269 e. The van der Waals surface area contributed by atoms with Gasteiger partial charge in [0.1, 0.15) is 5.75 Å². The molecule has 154 valence electrons. The van der Waals surface area contributed by atoms with Crippen LogP contribution in [0.1, 0.15) is 25.5 Å². The number of methoxy groups -OCH3 is 1. The van der Waals surface area contributed by atoms with Crippen molar-refractivity contribution in [3.63, 3.8) is 0 Å². The Labute approximate surface area is 168 Å². The van der Waals surface area contributed by atoms with Gasteiger partial charge in [0.25, 0.3) is 5.69 Å². The third kappa shape index (κ3) is 6.01. The fourth-order valence-electron chi connectivity index (χ4n) is 2.79. The van der Waals surface area contributed by atoms with Crippen molar-refractivity contribution in [2.45, 2.75) is 19.9 Å². The van der Waals surface area contributed by atoms with Crippen molar-refractivity contribution in [1.29, 1.82) is 0 Å². The maximum absolute atomic E-state index is 12.5. The lowest BCUT2D eigenvalue weighted by Gasteiger charge is -2.24. The highest BCUT2D eigenvalue weighted by atomic mass is 16.6. The molecule has 0 saturated carbocycles. The van der Waals surface area contributed by atoms with Crippen molar-refractivity contribution < 1.29 is 19.2 Å². The van der Waals surface area contributed by atoms with Gasteiger partial charge in [0, 0.05) is 30.8 Å². The Morgan fingerprint density at radius 3 is 2.55 bits per heavy atom. The van der Waals surface area contributed by atoms with Crippen LogP contribution in [0.25, 0.3) is 0 Å². The molecule has 0 bridgehead atoms. The molecule has 0 spiro atoms. The number of benzene rings is 2. The molecule has 2 aromatic carbocycles. The Balaban J connectivity index is 2.09. The third-order valence-electron chi connectivity index (χ3n) is 4.41. The molecule has 9 nitrogen and oxygen atoms in total. The van der Waals surface area contributed by atoms with E-state index in [2.05, 4.69) is 10.6 Å². The lowest BCUT2D eigenvalue weighted by molar-refractivity contribution is -0.384. The number of nitro benzene ring substituents is 1. The molecule has 0 radical (unpaired) electrons. The molecule has 2 amide bonds. The molecule has 0 fully saturated rings. The number of amides is 2. The second kappa shape index (κ2) is 9.65. The van der Waals surface area contributed by atoms with E-state index in [4.69, 9.17) is 4.74 Å². The Bertz CT molecular complexity index is 915. The van der Waals surface area contributed by atoms with E-state index in [1.165, 1.54) is 26.2 Å². The number of non-ortho nitro benzene ring substituents is 1. The topological polar surface area (TPSA) is 114 Å². The monoisotopic (exact) mass is 400 g/mol. The first kappa shape index (κ1) is 21.8. The predicted molar refractivity (Wildman–Crippen MR) is 110 cm³/mol. The fraction of sp³-hybridized carbons (Fsp3) is 0.300. The van der Waals surface area contributed by atoms with Gasteiger partial charge in [-0.2, -0.15) is 0 Å². The van der Waals surface area contributed by atoms with E-state index in [1.807, 2.05) is 6.92 Å². The van der Waals surface area contributed by atoms with Crippen molar-refractivity contribution in [2.24, 2.45) is 0 Å². The Kier molecular flexibility index (Phi) is 7.27. The molecule has 2 aromatic rings. The summed E-state index contributed by atoms with van der Waals surface area (Å²) in [6.45, 7) is 3.31. The van der Waals surface area contributed by atoms with Gasteiger partial charge in [0.05, 0.1) is 24.3 Å². The Morgan fingerprint density at radius 2 is 1.93 bits per heavy atom. The van der Waals surface area contributed by atoms with Crippen molar-refractivity contribution in [1.82, 2.24) is 4.90 Å². The number of nitrogens with one attached hydrogen (secondary N) is 2. The van der Waals surface area contributed by atoms with Gasteiger partial charge in [0.15, 0.2) is 0 Å². The van der Waals surface area contributed by atoms with E-state index in [0.717, 1.165) is 5.56 Å². The van der Waals surface area contributed by atoms with Gasteiger partial charge < -0.3 is 15.4 Å². The highest BCUT2D eigenvalue weighted by molar-refractivity contribution is 5.95. The van der Waals surface area contributed by atoms with Gasteiger partial charge in [-0.25, -0.2) is 0 Å². The minimum absolute atomic E-state index is 0.00623. The number of ether oxygens (including phenoxy) is 1. The van der Waals surface area contributed by atoms with Crippen LogP contribution in [0.5, 0.6) is 5.75 Å². The van der Waals surface area contributed by atoms with Crippen molar-refractivity contribution in [3.05, 3.63) is 58.1 Å². The minimum Gasteiger partial charge on any atom is -0.495 e. The van der Waals surface area contributed by atoms with Crippen LogP contribution in [-0.4, -0.2) is 42.3 Å². The number of carbonyl (C=O) groups excluding carboxylic acids is 2. The van der Waals surface area contributed by atoms with E-state index in [9.17, 15) is 19.7 Å². The summed E-state index contributed by atoms with van der Waals surface area (Å²) in [6, 6.07) is 11.1. The Hall–Kier alpha value is -3.46. The molecule has 0 saturated heterocycles. The highest BCUT2D eigenvalue weighted by Gasteiger charge is 2.18. The normalized spacial score (nSPS) is 11.6. The van der Waals surface area contributed by atoms with Crippen molar-refractivity contribution in [2.75, 3.05) is 31.3 Å². The number of rotatable bonds is 8. The van der Waals surface area contributed by atoms with Crippen molar-refractivity contribution in [3.8, 4) is 5.75 Å². The third-order valence-corrected chi connectivity index (χ3v) is 4.41. The van der Waals surface area contributed by atoms with E-state index in [1.54, 1.807) is 42.3 Å². The number of hydrogen-bond acceptors (Lipinski definition) is 6. The van der Waals surface area contributed by atoms with Gasteiger partial charge >= 0.3 is 0 Å². The van der Waals surface area contributed by atoms with E-state index in [0.29, 0.717) is 17.1 Å². The second-order valence-corrected chi connectivity index (χ2v) is 6.59. The van der Waals surface area contributed by atoms with Gasteiger partial charge in [-0.3, -0.25) is 24.6 Å². The van der Waals surface area contributed by atoms with Crippen LogP contribution in [0, 0.1) is 10.1 Å². The number of likely N-dealkylation sites (N-methyl/N-ethyl adjacent to an activating group) is 1. The first-order valence-electron chi connectivity index (χ1n) is 8.91. The van der Waals surface area contributed by atoms with Gasteiger partial charge in [0.2, 0.25) is 11.8 Å². The van der Waals surface area contributed by atoms with Crippen LogP contribution >= 0.6 is 0 Å². The average molecular weight is 400 g/mol. The lowest BCUT2D eigenvalue weighted by Crippen LogP contribution is -2.32. The van der Waals surface area contributed by atoms with Gasteiger partial charge in [-0.15, -0.1) is 0 Å². The van der Waals surface area contributed by atoms with Crippen LogP contribution in [0.4, 0.5) is 17.1 Å². The zero-order chi connectivity index (χ0) is 21.6.